The molecule has 4 heteroatoms. The lowest BCUT2D eigenvalue weighted by molar-refractivity contribution is 0.567. The number of para-hydroxylation sites is 1. The number of benzene rings is 1. The average molecular weight is 312 g/mol. The number of aryl methyl sites for hydroxylation is 2. The molecule has 3 nitrogen and oxygen atoms in total. The van der Waals surface area contributed by atoms with E-state index in [0.717, 1.165) is 34.9 Å². The molecule has 1 aromatic carbocycles. The Morgan fingerprint density at radius 2 is 1.91 bits per heavy atom. The smallest absolute Gasteiger partial charge is 0.190 e. The van der Waals surface area contributed by atoms with Gasteiger partial charge in [-0.1, -0.05) is 25.1 Å². The second kappa shape index (κ2) is 6.36. The minimum Gasteiger partial charge on any atom is -0.463 e. The largest absolute Gasteiger partial charge is 0.463 e. The molecule has 3 rings (SSSR count). The van der Waals surface area contributed by atoms with Crippen LogP contribution < -0.4 is 4.80 Å². The molecule has 0 fully saturated rings. The molecule has 0 spiro atoms. The van der Waals surface area contributed by atoms with Crippen molar-refractivity contribution in [2.75, 3.05) is 0 Å². The van der Waals surface area contributed by atoms with Gasteiger partial charge in [-0.15, -0.1) is 11.3 Å². The van der Waals surface area contributed by atoms with Crippen molar-refractivity contribution in [1.82, 2.24) is 4.57 Å². The summed E-state index contributed by atoms with van der Waals surface area (Å²) in [5.74, 6) is 0.896. The van der Waals surface area contributed by atoms with Gasteiger partial charge in [-0.2, -0.15) is 0 Å². The Kier molecular flexibility index (Phi) is 4.29. The Labute approximate surface area is 134 Å². The summed E-state index contributed by atoms with van der Waals surface area (Å²) < 4.78 is 7.81. The van der Waals surface area contributed by atoms with Crippen LogP contribution in [0.15, 0.2) is 51.4 Å². The van der Waals surface area contributed by atoms with Gasteiger partial charge in [-0.3, -0.25) is 0 Å². The van der Waals surface area contributed by atoms with Crippen molar-refractivity contribution in [3.63, 3.8) is 0 Å². The van der Waals surface area contributed by atoms with E-state index in [1.54, 1.807) is 17.6 Å². The van der Waals surface area contributed by atoms with E-state index in [0.29, 0.717) is 0 Å². The fourth-order valence-electron chi connectivity index (χ4n) is 2.56. The van der Waals surface area contributed by atoms with Crippen molar-refractivity contribution >= 4 is 17.0 Å². The normalized spacial score (nSPS) is 12.0. The summed E-state index contributed by atoms with van der Waals surface area (Å²) in [4.78, 5) is 5.95. The molecule has 0 saturated heterocycles. The quantitative estimate of drug-likeness (QED) is 0.661. The van der Waals surface area contributed by atoms with Crippen molar-refractivity contribution in [2.45, 2.75) is 33.7 Å². The first-order chi connectivity index (χ1) is 10.7. The molecule has 0 radical (unpaired) electrons. The second-order valence-electron chi connectivity index (χ2n) is 5.38. The van der Waals surface area contributed by atoms with Crippen LogP contribution in [0.4, 0.5) is 5.69 Å². The van der Waals surface area contributed by atoms with Gasteiger partial charge < -0.3 is 8.98 Å². The van der Waals surface area contributed by atoms with E-state index >= 15 is 0 Å². The molecule has 2 aromatic heterocycles. The molecule has 2 heterocycles. The zero-order valence-electron chi connectivity index (χ0n) is 13.2. The molecule has 0 aliphatic carbocycles. The maximum Gasteiger partial charge on any atom is 0.190 e. The minimum absolute atomic E-state index is 0.896. The molecule has 0 aliphatic rings. The van der Waals surface area contributed by atoms with Gasteiger partial charge in [0.2, 0.25) is 0 Å². The Hall–Kier alpha value is -2.07. The molecule has 0 aliphatic heterocycles. The van der Waals surface area contributed by atoms with Crippen LogP contribution in [0.1, 0.15) is 24.5 Å². The third kappa shape index (κ3) is 2.79. The first-order valence-electron chi connectivity index (χ1n) is 7.54. The van der Waals surface area contributed by atoms with Gasteiger partial charge in [0.05, 0.1) is 17.6 Å². The maximum atomic E-state index is 5.56. The van der Waals surface area contributed by atoms with Gasteiger partial charge in [0.1, 0.15) is 0 Å². The zero-order chi connectivity index (χ0) is 15.5. The topological polar surface area (TPSA) is 30.4 Å². The monoisotopic (exact) mass is 312 g/mol. The van der Waals surface area contributed by atoms with Crippen LogP contribution in [0.2, 0.25) is 0 Å². The highest BCUT2D eigenvalue weighted by molar-refractivity contribution is 7.07. The van der Waals surface area contributed by atoms with E-state index in [1.165, 1.54) is 11.1 Å². The molecule has 0 bridgehead atoms. The number of thiazole rings is 1. The van der Waals surface area contributed by atoms with Gasteiger partial charge in [0.15, 0.2) is 10.6 Å². The molecule has 0 amide bonds. The maximum absolute atomic E-state index is 5.56. The Bertz CT molecular complexity index is 805. The van der Waals surface area contributed by atoms with Crippen LogP contribution in [-0.4, -0.2) is 4.57 Å². The molecule has 0 unspecified atom stereocenters. The minimum atomic E-state index is 0.896. The molecule has 22 heavy (non-hydrogen) atoms. The SMILES string of the molecule is CCCn1c(-c2ccco2)csc1=Nc1c(C)cccc1C. The molecule has 3 aromatic rings. The standard InChI is InChI=1S/C18H20N2OS/c1-4-10-20-15(16-9-6-11-21-16)12-22-18(20)19-17-13(2)7-5-8-14(17)3/h5-9,11-12H,4,10H2,1-3H3. The van der Waals surface area contributed by atoms with Crippen LogP contribution in [0.3, 0.4) is 0 Å². The number of hydrogen-bond donors (Lipinski definition) is 0. The van der Waals surface area contributed by atoms with Crippen LogP contribution >= 0.6 is 11.3 Å². The Morgan fingerprint density at radius 3 is 2.55 bits per heavy atom. The van der Waals surface area contributed by atoms with Crippen LogP contribution in [0, 0.1) is 13.8 Å². The summed E-state index contributed by atoms with van der Waals surface area (Å²) in [6.45, 7) is 7.33. The number of nitrogens with zero attached hydrogens (tertiary/aromatic N) is 2. The molecule has 0 atom stereocenters. The first kappa shape index (κ1) is 14.9. The number of rotatable bonds is 4. The van der Waals surface area contributed by atoms with Crippen LogP contribution in [0.25, 0.3) is 11.5 Å². The van der Waals surface area contributed by atoms with Crippen molar-refractivity contribution in [1.29, 1.82) is 0 Å². The van der Waals surface area contributed by atoms with E-state index in [1.807, 2.05) is 12.1 Å². The van der Waals surface area contributed by atoms with Crippen molar-refractivity contribution < 1.29 is 4.42 Å². The predicted molar refractivity (Wildman–Crippen MR) is 91.4 cm³/mol. The van der Waals surface area contributed by atoms with E-state index in [9.17, 15) is 0 Å². The molecular formula is C18H20N2OS. The third-order valence-electron chi connectivity index (χ3n) is 3.67. The Balaban J connectivity index is 2.17. The lowest BCUT2D eigenvalue weighted by Crippen LogP contribution is -2.15. The lowest BCUT2D eigenvalue weighted by Gasteiger charge is -2.07. The molecule has 0 N–H and O–H groups in total. The molecule has 114 valence electrons. The van der Waals surface area contributed by atoms with Gasteiger partial charge in [-0.25, -0.2) is 4.99 Å². The predicted octanol–water partition coefficient (Wildman–Crippen LogP) is 5.07. The number of aromatic nitrogens is 1. The van der Waals surface area contributed by atoms with Crippen molar-refractivity contribution in [2.24, 2.45) is 4.99 Å². The number of hydrogen-bond acceptors (Lipinski definition) is 3. The first-order valence-corrected chi connectivity index (χ1v) is 8.42. The van der Waals surface area contributed by atoms with Crippen LogP contribution in [0.5, 0.6) is 0 Å². The van der Waals surface area contributed by atoms with Gasteiger partial charge in [-0.05, 0) is 43.5 Å². The summed E-state index contributed by atoms with van der Waals surface area (Å²) in [7, 11) is 0. The third-order valence-corrected chi connectivity index (χ3v) is 4.53. The van der Waals surface area contributed by atoms with Gasteiger partial charge >= 0.3 is 0 Å². The van der Waals surface area contributed by atoms with E-state index in [2.05, 4.69) is 48.9 Å². The number of furan rings is 1. The van der Waals surface area contributed by atoms with E-state index in [4.69, 9.17) is 9.41 Å². The highest BCUT2D eigenvalue weighted by Gasteiger charge is 2.10. The fraction of sp³-hybridized carbons (Fsp3) is 0.278. The summed E-state index contributed by atoms with van der Waals surface area (Å²) in [6, 6.07) is 10.2. The fourth-order valence-corrected chi connectivity index (χ4v) is 3.48. The summed E-state index contributed by atoms with van der Waals surface area (Å²) >= 11 is 1.66. The van der Waals surface area contributed by atoms with Crippen molar-refractivity contribution in [3.05, 3.63) is 57.9 Å². The van der Waals surface area contributed by atoms with E-state index < -0.39 is 0 Å². The molecular weight excluding hydrogens is 292 g/mol. The second-order valence-corrected chi connectivity index (χ2v) is 6.22. The van der Waals surface area contributed by atoms with Gasteiger partial charge in [0.25, 0.3) is 0 Å². The molecule has 0 saturated carbocycles. The highest BCUT2D eigenvalue weighted by Crippen LogP contribution is 2.24. The van der Waals surface area contributed by atoms with Crippen molar-refractivity contribution in [3.8, 4) is 11.5 Å². The summed E-state index contributed by atoms with van der Waals surface area (Å²) in [5, 5.41) is 2.13. The van der Waals surface area contributed by atoms with E-state index in [-0.39, 0.29) is 0 Å². The highest BCUT2D eigenvalue weighted by atomic mass is 32.1. The summed E-state index contributed by atoms with van der Waals surface area (Å²) in [5.41, 5.74) is 4.58. The van der Waals surface area contributed by atoms with Gasteiger partial charge in [0, 0.05) is 11.9 Å². The zero-order valence-corrected chi connectivity index (χ0v) is 14.0. The summed E-state index contributed by atoms with van der Waals surface area (Å²) in [6.07, 6.45) is 2.77. The average Bonchev–Trinajstić information content (AvgIpc) is 3.13. The lowest BCUT2D eigenvalue weighted by atomic mass is 10.1. The Morgan fingerprint density at radius 1 is 1.14 bits per heavy atom. The van der Waals surface area contributed by atoms with Crippen LogP contribution in [-0.2, 0) is 6.54 Å².